The average molecular weight is 255 g/mol. The summed E-state index contributed by atoms with van der Waals surface area (Å²) in [6.45, 7) is 6.46. The molecule has 1 heterocycles. The predicted octanol–water partition coefficient (Wildman–Crippen LogP) is -0.644. The topological polar surface area (TPSA) is 97.3 Å². The molecule has 1 amide bonds. The fourth-order valence-electron chi connectivity index (χ4n) is 1.59. The fourth-order valence-corrected chi connectivity index (χ4v) is 1.59. The molecule has 0 spiro atoms. The molecular formula is C11H21N5O2. The van der Waals surface area contributed by atoms with Gasteiger partial charge in [-0.25, -0.2) is 4.68 Å². The molecule has 1 rings (SSSR count). The van der Waals surface area contributed by atoms with Crippen molar-refractivity contribution >= 4 is 5.91 Å². The molecule has 7 nitrogen and oxygen atoms in total. The molecule has 0 saturated carbocycles. The minimum Gasteiger partial charge on any atom is -0.389 e. The van der Waals surface area contributed by atoms with Crippen molar-refractivity contribution in [1.82, 2.24) is 19.9 Å². The van der Waals surface area contributed by atoms with Crippen LogP contribution in [0.25, 0.3) is 0 Å². The Bertz CT molecular complexity index is 396. The first-order valence-electron chi connectivity index (χ1n) is 5.95. The Morgan fingerprint density at radius 3 is 2.72 bits per heavy atom. The van der Waals surface area contributed by atoms with Crippen molar-refractivity contribution in [3.8, 4) is 0 Å². The zero-order valence-electron chi connectivity index (χ0n) is 11.1. The Balaban J connectivity index is 2.62. The Labute approximate surface area is 107 Å². The van der Waals surface area contributed by atoms with Gasteiger partial charge in [-0.2, -0.15) is 0 Å². The van der Waals surface area contributed by atoms with Crippen molar-refractivity contribution in [1.29, 1.82) is 0 Å². The summed E-state index contributed by atoms with van der Waals surface area (Å²) in [6, 6.07) is 0. The molecule has 1 aromatic rings. The van der Waals surface area contributed by atoms with Crippen LogP contribution in [0.4, 0.5) is 0 Å². The highest BCUT2D eigenvalue weighted by molar-refractivity contribution is 5.75. The molecule has 0 aromatic carbocycles. The SMILES string of the molecule is CCN(CC(C)(C)O)C(=O)Cn1cc(CN)nn1. The van der Waals surface area contributed by atoms with Crippen molar-refractivity contribution in [2.24, 2.45) is 5.73 Å². The normalized spacial score (nSPS) is 11.6. The highest BCUT2D eigenvalue weighted by atomic mass is 16.3. The molecule has 18 heavy (non-hydrogen) atoms. The maximum absolute atomic E-state index is 12.0. The van der Waals surface area contributed by atoms with E-state index in [9.17, 15) is 9.90 Å². The lowest BCUT2D eigenvalue weighted by molar-refractivity contribution is -0.134. The third-order valence-corrected chi connectivity index (χ3v) is 2.40. The monoisotopic (exact) mass is 255 g/mol. The number of rotatable bonds is 6. The first-order chi connectivity index (χ1) is 8.35. The van der Waals surface area contributed by atoms with Crippen LogP contribution in [-0.4, -0.2) is 49.6 Å². The molecule has 0 unspecified atom stereocenters. The minimum atomic E-state index is -0.906. The summed E-state index contributed by atoms with van der Waals surface area (Å²) in [5, 5.41) is 17.4. The summed E-state index contributed by atoms with van der Waals surface area (Å²) in [5.41, 5.74) is 5.16. The van der Waals surface area contributed by atoms with Crippen LogP contribution in [0.1, 0.15) is 26.5 Å². The lowest BCUT2D eigenvalue weighted by atomic mass is 10.1. The summed E-state index contributed by atoms with van der Waals surface area (Å²) in [4.78, 5) is 13.6. The van der Waals surface area contributed by atoms with E-state index < -0.39 is 5.60 Å². The van der Waals surface area contributed by atoms with Crippen molar-refractivity contribution in [3.63, 3.8) is 0 Å². The largest absolute Gasteiger partial charge is 0.389 e. The molecule has 0 atom stereocenters. The van der Waals surface area contributed by atoms with Gasteiger partial charge in [0.2, 0.25) is 5.91 Å². The molecule has 0 saturated heterocycles. The van der Waals surface area contributed by atoms with Gasteiger partial charge in [0.05, 0.1) is 17.5 Å². The maximum atomic E-state index is 12.0. The molecule has 0 fully saturated rings. The average Bonchev–Trinajstić information content (AvgIpc) is 2.72. The summed E-state index contributed by atoms with van der Waals surface area (Å²) in [6.07, 6.45) is 1.65. The van der Waals surface area contributed by atoms with Crippen molar-refractivity contribution < 1.29 is 9.90 Å². The van der Waals surface area contributed by atoms with Crippen LogP contribution in [0.3, 0.4) is 0 Å². The van der Waals surface area contributed by atoms with Crippen LogP contribution in [0.2, 0.25) is 0 Å². The van der Waals surface area contributed by atoms with Gasteiger partial charge in [0.25, 0.3) is 0 Å². The fraction of sp³-hybridized carbons (Fsp3) is 0.727. The van der Waals surface area contributed by atoms with Gasteiger partial charge in [0, 0.05) is 19.6 Å². The van der Waals surface area contributed by atoms with Gasteiger partial charge in [0.15, 0.2) is 0 Å². The van der Waals surface area contributed by atoms with E-state index in [1.807, 2.05) is 6.92 Å². The molecule has 0 radical (unpaired) electrons. The number of likely N-dealkylation sites (N-methyl/N-ethyl adjacent to an activating group) is 1. The molecule has 0 bridgehead atoms. The number of carbonyl (C=O) groups is 1. The third-order valence-electron chi connectivity index (χ3n) is 2.40. The van der Waals surface area contributed by atoms with Gasteiger partial charge in [0.1, 0.15) is 6.54 Å². The second-order valence-corrected chi connectivity index (χ2v) is 4.83. The van der Waals surface area contributed by atoms with E-state index >= 15 is 0 Å². The molecule has 0 aliphatic rings. The first kappa shape index (κ1) is 14.6. The summed E-state index contributed by atoms with van der Waals surface area (Å²) < 4.78 is 1.46. The molecule has 1 aromatic heterocycles. The van der Waals surface area contributed by atoms with Crippen LogP contribution < -0.4 is 5.73 Å². The summed E-state index contributed by atoms with van der Waals surface area (Å²) >= 11 is 0. The van der Waals surface area contributed by atoms with Crippen molar-refractivity contribution in [2.75, 3.05) is 13.1 Å². The minimum absolute atomic E-state index is 0.104. The lowest BCUT2D eigenvalue weighted by Crippen LogP contribution is -2.43. The van der Waals surface area contributed by atoms with Gasteiger partial charge in [-0.05, 0) is 20.8 Å². The van der Waals surface area contributed by atoms with Crippen LogP contribution in [0.15, 0.2) is 6.20 Å². The molecule has 7 heteroatoms. The maximum Gasteiger partial charge on any atom is 0.244 e. The summed E-state index contributed by atoms with van der Waals surface area (Å²) in [7, 11) is 0. The number of hydrogen-bond acceptors (Lipinski definition) is 5. The standard InChI is InChI=1S/C11H21N5O2/c1-4-15(8-11(2,3)18)10(17)7-16-6-9(5-12)13-14-16/h6,18H,4-5,7-8,12H2,1-3H3. The number of carbonyl (C=O) groups excluding carboxylic acids is 1. The van der Waals surface area contributed by atoms with E-state index in [0.29, 0.717) is 25.3 Å². The quantitative estimate of drug-likeness (QED) is 0.704. The van der Waals surface area contributed by atoms with Gasteiger partial charge >= 0.3 is 0 Å². The lowest BCUT2D eigenvalue weighted by Gasteiger charge is -2.28. The Hall–Kier alpha value is -1.47. The Kier molecular flexibility index (Phi) is 4.80. The predicted molar refractivity (Wildman–Crippen MR) is 66.5 cm³/mol. The third kappa shape index (κ3) is 4.42. The number of aliphatic hydroxyl groups is 1. The zero-order valence-corrected chi connectivity index (χ0v) is 11.1. The van der Waals surface area contributed by atoms with Crippen LogP contribution in [-0.2, 0) is 17.9 Å². The molecule has 0 aliphatic heterocycles. The highest BCUT2D eigenvalue weighted by Gasteiger charge is 2.21. The number of amides is 1. The van der Waals surface area contributed by atoms with Gasteiger partial charge < -0.3 is 15.7 Å². The Morgan fingerprint density at radius 2 is 2.28 bits per heavy atom. The van der Waals surface area contributed by atoms with Crippen LogP contribution in [0.5, 0.6) is 0 Å². The van der Waals surface area contributed by atoms with Gasteiger partial charge in [-0.1, -0.05) is 5.21 Å². The van der Waals surface area contributed by atoms with E-state index in [4.69, 9.17) is 5.73 Å². The number of nitrogens with two attached hydrogens (primary N) is 1. The number of nitrogens with zero attached hydrogens (tertiary/aromatic N) is 4. The Morgan fingerprint density at radius 1 is 1.61 bits per heavy atom. The molecule has 0 aliphatic carbocycles. The highest BCUT2D eigenvalue weighted by Crippen LogP contribution is 2.05. The second kappa shape index (κ2) is 5.92. The van der Waals surface area contributed by atoms with Crippen LogP contribution in [0, 0.1) is 0 Å². The van der Waals surface area contributed by atoms with Crippen molar-refractivity contribution in [2.45, 2.75) is 39.5 Å². The van der Waals surface area contributed by atoms with E-state index in [0.717, 1.165) is 0 Å². The van der Waals surface area contributed by atoms with Gasteiger partial charge in [-0.15, -0.1) is 5.10 Å². The zero-order chi connectivity index (χ0) is 13.8. The first-order valence-corrected chi connectivity index (χ1v) is 5.95. The van der Waals surface area contributed by atoms with Crippen LogP contribution >= 0.6 is 0 Å². The van der Waals surface area contributed by atoms with E-state index in [1.165, 1.54) is 4.68 Å². The number of hydrogen-bond donors (Lipinski definition) is 2. The molecule has 102 valence electrons. The van der Waals surface area contributed by atoms with Crippen molar-refractivity contribution in [3.05, 3.63) is 11.9 Å². The van der Waals surface area contributed by atoms with E-state index in [1.54, 1.807) is 24.9 Å². The second-order valence-electron chi connectivity index (χ2n) is 4.83. The van der Waals surface area contributed by atoms with E-state index in [-0.39, 0.29) is 12.5 Å². The molecular weight excluding hydrogens is 234 g/mol. The number of aromatic nitrogens is 3. The molecule has 3 N–H and O–H groups in total. The van der Waals surface area contributed by atoms with Gasteiger partial charge in [-0.3, -0.25) is 4.79 Å². The van der Waals surface area contributed by atoms with E-state index in [2.05, 4.69) is 10.3 Å². The summed E-state index contributed by atoms with van der Waals surface area (Å²) in [5.74, 6) is -0.104. The smallest absolute Gasteiger partial charge is 0.244 e.